The molecule has 0 saturated carbocycles. The van der Waals surface area contributed by atoms with Crippen LogP contribution in [-0.4, -0.2) is 28.6 Å². The maximum atomic E-state index is 12.6. The number of esters is 1. The monoisotopic (exact) mass is 367 g/mol. The lowest BCUT2D eigenvalue weighted by Crippen LogP contribution is -2.37. The second-order valence-electron chi connectivity index (χ2n) is 4.94. The first-order chi connectivity index (χ1) is 12.3. The van der Waals surface area contributed by atoms with Gasteiger partial charge in [-0.25, -0.2) is 0 Å². The summed E-state index contributed by atoms with van der Waals surface area (Å²) in [5.41, 5.74) is -1.75. The smallest absolute Gasteiger partial charge is 0.317 e. The molecule has 1 N–H and O–H groups in total. The van der Waals surface area contributed by atoms with Crippen molar-refractivity contribution >= 4 is 11.9 Å². The fraction of sp³-hybridized carbons (Fsp3) is 0.474. The molecule has 0 rings (SSSR count). The minimum atomic E-state index is -1.51. The number of carbonyl (C=O) groups is 2. The molecule has 0 aliphatic carbocycles. The van der Waals surface area contributed by atoms with Crippen LogP contribution < -0.4 is 0 Å². The largest absolute Gasteiger partial charge is 0.481 e. The van der Waals surface area contributed by atoms with Gasteiger partial charge in [-0.2, -0.15) is 0 Å². The average Bonchev–Trinajstić information content (AvgIpc) is 2.60. The van der Waals surface area contributed by atoms with Crippen LogP contribution >= 0.6 is 0 Å². The first kappa shape index (κ1) is 25.5. The van der Waals surface area contributed by atoms with Gasteiger partial charge in [0.05, 0.1) is 11.5 Å². The molecule has 0 amide bonds. The zero-order chi connectivity index (χ0) is 20.8. The lowest BCUT2D eigenvalue weighted by Gasteiger charge is -2.31. The Balaban J connectivity index is 0. The molecule has 0 heterocycles. The third-order valence-electron chi connectivity index (χ3n) is 3.47. The van der Waals surface area contributed by atoms with E-state index in [1.165, 1.54) is 31.2 Å². The molecule has 0 fully saturated rings. The Morgan fingerprint density at radius 2 is 1.88 bits per heavy atom. The van der Waals surface area contributed by atoms with E-state index in [0.29, 0.717) is 0 Å². The minimum absolute atomic E-state index is 0.00394. The van der Waals surface area contributed by atoms with E-state index in [2.05, 4.69) is 13.2 Å². The van der Waals surface area contributed by atoms with E-state index in [9.17, 15) is 19.7 Å². The Labute approximate surface area is 154 Å². The number of carboxylic acids is 1. The van der Waals surface area contributed by atoms with Gasteiger partial charge >= 0.3 is 11.9 Å². The molecule has 0 bridgehead atoms. The van der Waals surface area contributed by atoms with Crippen LogP contribution in [0.3, 0.4) is 0 Å². The van der Waals surface area contributed by atoms with E-state index in [0.717, 1.165) is 0 Å². The number of nitro groups is 1. The van der Waals surface area contributed by atoms with Crippen LogP contribution in [0.15, 0.2) is 48.7 Å². The Hall–Kier alpha value is -2.70. The summed E-state index contributed by atoms with van der Waals surface area (Å²) in [5, 5.41) is 20.4. The maximum absolute atomic E-state index is 12.6. The summed E-state index contributed by atoms with van der Waals surface area (Å²) in [4.78, 5) is 34.4. The summed E-state index contributed by atoms with van der Waals surface area (Å²) in [5.74, 6) is -1.84. The van der Waals surface area contributed by atoms with E-state index < -0.39 is 22.3 Å². The van der Waals surface area contributed by atoms with Crippen molar-refractivity contribution in [1.29, 1.82) is 0 Å². The number of carboxylic acid groups (broad SMARTS) is 1. The summed E-state index contributed by atoms with van der Waals surface area (Å²) >= 11 is 0. The Morgan fingerprint density at radius 1 is 1.31 bits per heavy atom. The molecule has 7 nitrogen and oxygen atoms in total. The molecule has 146 valence electrons. The summed E-state index contributed by atoms with van der Waals surface area (Å²) in [6.07, 6.45) is 4.84. The first-order valence-corrected chi connectivity index (χ1v) is 8.44. The summed E-state index contributed by atoms with van der Waals surface area (Å²) < 4.78 is 5.09. The fourth-order valence-corrected chi connectivity index (χ4v) is 2.45. The Morgan fingerprint density at radius 3 is 2.23 bits per heavy atom. The van der Waals surface area contributed by atoms with Crippen molar-refractivity contribution in [3.05, 3.63) is 58.8 Å². The number of ether oxygens (including phenoxy) is 1. The zero-order valence-electron chi connectivity index (χ0n) is 16.0. The quantitative estimate of drug-likeness (QED) is 0.192. The van der Waals surface area contributed by atoms with Crippen LogP contribution in [0.4, 0.5) is 0 Å². The van der Waals surface area contributed by atoms with Gasteiger partial charge in [-0.05, 0) is 32.8 Å². The van der Waals surface area contributed by atoms with Gasteiger partial charge in [0.2, 0.25) is 0 Å². The molecule has 0 aromatic heterocycles. The number of aliphatic carboxylic acids is 1. The van der Waals surface area contributed by atoms with Crippen molar-refractivity contribution in [2.24, 2.45) is 5.41 Å². The van der Waals surface area contributed by atoms with Crippen LogP contribution in [-0.2, 0) is 14.3 Å². The van der Waals surface area contributed by atoms with Gasteiger partial charge in [0.15, 0.2) is 0 Å². The minimum Gasteiger partial charge on any atom is -0.481 e. The molecule has 0 aromatic carbocycles. The summed E-state index contributed by atoms with van der Waals surface area (Å²) in [6.45, 7) is 14.3. The SMILES string of the molecule is C=C/C=C(\C(=C/C)[N+](=O)[O-])C(CC=C)(CCC(=O)O)C(=O)OCC.CC. The van der Waals surface area contributed by atoms with Crippen LogP contribution in [0.1, 0.15) is 47.0 Å². The molecular formula is C19H29NO6. The number of nitrogens with zero attached hydrogens (tertiary/aromatic N) is 1. The van der Waals surface area contributed by atoms with E-state index >= 15 is 0 Å². The van der Waals surface area contributed by atoms with E-state index in [1.807, 2.05) is 13.8 Å². The molecule has 0 aliphatic rings. The Kier molecular flexibility index (Phi) is 13.3. The lowest BCUT2D eigenvalue weighted by molar-refractivity contribution is -0.422. The molecular weight excluding hydrogens is 338 g/mol. The second-order valence-corrected chi connectivity index (χ2v) is 4.94. The maximum Gasteiger partial charge on any atom is 0.317 e. The number of rotatable bonds is 11. The Bertz CT molecular complexity index is 577. The summed E-state index contributed by atoms with van der Waals surface area (Å²) in [7, 11) is 0. The molecule has 1 atom stereocenters. The topological polar surface area (TPSA) is 107 Å². The van der Waals surface area contributed by atoms with Gasteiger partial charge in [0, 0.05) is 12.0 Å². The fourth-order valence-electron chi connectivity index (χ4n) is 2.45. The number of carbonyl (C=O) groups excluding carboxylic acids is 1. The number of allylic oxidation sites excluding steroid dienone is 5. The third-order valence-corrected chi connectivity index (χ3v) is 3.47. The number of hydrogen-bond acceptors (Lipinski definition) is 5. The molecule has 0 saturated heterocycles. The van der Waals surface area contributed by atoms with Crippen molar-refractivity contribution < 1.29 is 24.4 Å². The standard InChI is InChI=1S/C17H23NO6.C2H6/c1-5-9-13(14(7-3)18(22)23)17(11-6-2,12-10-15(19)20)16(21)24-8-4;1-2/h5-7,9H,1-2,8,10-12H2,3-4H3,(H,19,20);1-2H3/b13-9+,14-7+;. The van der Waals surface area contributed by atoms with Crippen LogP contribution in [0.5, 0.6) is 0 Å². The van der Waals surface area contributed by atoms with Gasteiger partial charge in [-0.15, -0.1) is 6.58 Å². The predicted molar refractivity (Wildman–Crippen MR) is 101 cm³/mol. The molecule has 1 unspecified atom stereocenters. The van der Waals surface area contributed by atoms with Crippen LogP contribution in [0.25, 0.3) is 0 Å². The van der Waals surface area contributed by atoms with Gasteiger partial charge in [0.25, 0.3) is 5.70 Å². The van der Waals surface area contributed by atoms with Gasteiger partial charge < -0.3 is 9.84 Å². The summed E-state index contributed by atoms with van der Waals surface area (Å²) in [6, 6.07) is 0. The number of hydrogen-bond donors (Lipinski definition) is 1. The second kappa shape index (κ2) is 13.6. The molecule has 26 heavy (non-hydrogen) atoms. The van der Waals surface area contributed by atoms with Crippen LogP contribution in [0.2, 0.25) is 0 Å². The predicted octanol–water partition coefficient (Wildman–Crippen LogP) is 4.30. The first-order valence-electron chi connectivity index (χ1n) is 8.44. The van der Waals surface area contributed by atoms with E-state index in [-0.39, 0.29) is 37.1 Å². The molecule has 0 aromatic rings. The van der Waals surface area contributed by atoms with Gasteiger partial charge in [-0.1, -0.05) is 38.7 Å². The van der Waals surface area contributed by atoms with E-state index in [1.54, 1.807) is 6.92 Å². The molecule has 0 aliphatic heterocycles. The van der Waals surface area contributed by atoms with Gasteiger partial charge in [-0.3, -0.25) is 19.7 Å². The highest BCUT2D eigenvalue weighted by atomic mass is 16.6. The van der Waals surface area contributed by atoms with Crippen LogP contribution in [0, 0.1) is 15.5 Å². The normalized spacial score (nSPS) is 13.5. The van der Waals surface area contributed by atoms with Crippen molar-refractivity contribution in [2.75, 3.05) is 6.61 Å². The zero-order valence-corrected chi connectivity index (χ0v) is 16.0. The average molecular weight is 367 g/mol. The molecule has 7 heteroatoms. The van der Waals surface area contributed by atoms with Crippen molar-refractivity contribution in [3.63, 3.8) is 0 Å². The third kappa shape index (κ3) is 7.04. The molecule has 0 radical (unpaired) electrons. The van der Waals surface area contributed by atoms with Crippen molar-refractivity contribution in [2.45, 2.75) is 47.0 Å². The van der Waals surface area contributed by atoms with Crippen molar-refractivity contribution in [3.8, 4) is 0 Å². The highest BCUT2D eigenvalue weighted by molar-refractivity contribution is 5.83. The van der Waals surface area contributed by atoms with Gasteiger partial charge in [0.1, 0.15) is 5.41 Å². The highest BCUT2D eigenvalue weighted by Crippen LogP contribution is 2.42. The lowest BCUT2D eigenvalue weighted by atomic mass is 9.72. The highest BCUT2D eigenvalue weighted by Gasteiger charge is 2.46. The van der Waals surface area contributed by atoms with E-state index in [4.69, 9.17) is 9.84 Å². The molecule has 0 spiro atoms. The van der Waals surface area contributed by atoms with Crippen molar-refractivity contribution in [1.82, 2.24) is 0 Å².